The Morgan fingerprint density at radius 1 is 1.62 bits per heavy atom. The Morgan fingerprint density at radius 3 is 2.77 bits per heavy atom. The number of hydrogen-bond acceptors (Lipinski definition) is 4. The third-order valence-corrected chi connectivity index (χ3v) is 4.56. The third kappa shape index (κ3) is 4.33. The molecule has 3 nitrogen and oxygen atoms in total. The van der Waals surface area contributed by atoms with E-state index in [2.05, 4.69) is 0 Å². The minimum Gasteiger partial charge on any atom is -0.327 e. The van der Waals surface area contributed by atoms with Crippen LogP contribution in [0.4, 0.5) is 0 Å². The van der Waals surface area contributed by atoms with Crippen LogP contribution in [0.5, 0.6) is 0 Å². The van der Waals surface area contributed by atoms with Gasteiger partial charge < -0.3 is 5.73 Å². The number of sulfone groups is 1. The summed E-state index contributed by atoms with van der Waals surface area (Å²) in [5, 5.41) is 0. The van der Waals surface area contributed by atoms with E-state index in [1.807, 2.05) is 11.8 Å². The standard InChI is InChI=1S/C8H17NO2S2/c1-13(10,11)5-3-8(9)7-2-4-12-6-7/h7-8H,2-6,9H2,1H3. The van der Waals surface area contributed by atoms with Gasteiger partial charge in [0, 0.05) is 12.3 Å². The second-order valence-electron chi connectivity index (χ2n) is 3.71. The van der Waals surface area contributed by atoms with Gasteiger partial charge >= 0.3 is 0 Å². The summed E-state index contributed by atoms with van der Waals surface area (Å²) in [6, 6.07) is 0.0738. The molecule has 0 spiro atoms. The number of nitrogens with two attached hydrogens (primary N) is 1. The summed E-state index contributed by atoms with van der Waals surface area (Å²) < 4.78 is 21.8. The maximum Gasteiger partial charge on any atom is 0.147 e. The molecule has 2 N–H and O–H groups in total. The molecule has 1 aliphatic heterocycles. The highest BCUT2D eigenvalue weighted by Gasteiger charge is 2.22. The lowest BCUT2D eigenvalue weighted by atomic mass is 9.98. The molecule has 0 aromatic rings. The highest BCUT2D eigenvalue weighted by molar-refractivity contribution is 7.99. The third-order valence-electron chi connectivity index (χ3n) is 2.39. The lowest BCUT2D eigenvalue weighted by Crippen LogP contribution is -2.32. The summed E-state index contributed by atoms with van der Waals surface area (Å²) in [4.78, 5) is 0. The Kier molecular flexibility index (Phi) is 4.06. The van der Waals surface area contributed by atoms with Gasteiger partial charge in [0.15, 0.2) is 0 Å². The summed E-state index contributed by atoms with van der Waals surface area (Å²) in [5.41, 5.74) is 5.91. The van der Waals surface area contributed by atoms with Crippen LogP contribution in [0.25, 0.3) is 0 Å². The van der Waals surface area contributed by atoms with Crippen molar-refractivity contribution in [3.8, 4) is 0 Å². The summed E-state index contributed by atoms with van der Waals surface area (Å²) in [6.45, 7) is 0. The predicted molar refractivity (Wildman–Crippen MR) is 57.7 cm³/mol. The van der Waals surface area contributed by atoms with Gasteiger partial charge in [-0.25, -0.2) is 8.42 Å². The molecule has 0 amide bonds. The largest absolute Gasteiger partial charge is 0.327 e. The van der Waals surface area contributed by atoms with E-state index >= 15 is 0 Å². The normalized spacial score (nSPS) is 26.2. The van der Waals surface area contributed by atoms with Crippen LogP contribution >= 0.6 is 11.8 Å². The van der Waals surface area contributed by atoms with Crippen LogP contribution in [0, 0.1) is 5.92 Å². The Morgan fingerprint density at radius 2 is 2.31 bits per heavy atom. The molecule has 1 aliphatic rings. The van der Waals surface area contributed by atoms with Crippen molar-refractivity contribution in [3.63, 3.8) is 0 Å². The van der Waals surface area contributed by atoms with Gasteiger partial charge in [-0.3, -0.25) is 0 Å². The van der Waals surface area contributed by atoms with Crippen molar-refractivity contribution in [2.24, 2.45) is 11.7 Å². The monoisotopic (exact) mass is 223 g/mol. The van der Waals surface area contributed by atoms with Crippen LogP contribution in [0.3, 0.4) is 0 Å². The molecule has 1 saturated heterocycles. The average molecular weight is 223 g/mol. The molecule has 2 atom stereocenters. The summed E-state index contributed by atoms with van der Waals surface area (Å²) in [6.07, 6.45) is 3.03. The smallest absolute Gasteiger partial charge is 0.147 e. The van der Waals surface area contributed by atoms with Crippen LogP contribution in [0.2, 0.25) is 0 Å². The minimum atomic E-state index is -2.84. The number of rotatable bonds is 4. The molecule has 0 aromatic carbocycles. The van der Waals surface area contributed by atoms with E-state index < -0.39 is 9.84 Å². The Balaban J connectivity index is 2.28. The molecule has 78 valence electrons. The lowest BCUT2D eigenvalue weighted by molar-refractivity contribution is 0.453. The van der Waals surface area contributed by atoms with E-state index in [4.69, 9.17) is 5.73 Å². The second-order valence-corrected chi connectivity index (χ2v) is 7.12. The molecular weight excluding hydrogens is 206 g/mol. The van der Waals surface area contributed by atoms with Gasteiger partial charge in [0.2, 0.25) is 0 Å². The molecule has 2 unspecified atom stereocenters. The van der Waals surface area contributed by atoms with Crippen molar-refractivity contribution in [2.75, 3.05) is 23.5 Å². The first-order chi connectivity index (χ1) is 5.99. The highest BCUT2D eigenvalue weighted by atomic mass is 32.2. The zero-order chi connectivity index (χ0) is 9.90. The highest BCUT2D eigenvalue weighted by Crippen LogP contribution is 2.26. The van der Waals surface area contributed by atoms with Crippen molar-refractivity contribution in [1.82, 2.24) is 0 Å². The van der Waals surface area contributed by atoms with Gasteiger partial charge in [-0.1, -0.05) is 0 Å². The zero-order valence-corrected chi connectivity index (χ0v) is 9.53. The summed E-state index contributed by atoms with van der Waals surface area (Å²) in [5.74, 6) is 3.05. The molecule has 1 rings (SSSR count). The maximum absolute atomic E-state index is 10.9. The first-order valence-electron chi connectivity index (χ1n) is 4.50. The SMILES string of the molecule is CS(=O)(=O)CCC(N)C1CCSC1. The van der Waals surface area contributed by atoms with Crippen LogP contribution in [0.15, 0.2) is 0 Å². The number of hydrogen-bond donors (Lipinski definition) is 1. The molecule has 1 fully saturated rings. The number of thioether (sulfide) groups is 1. The van der Waals surface area contributed by atoms with Crippen molar-refractivity contribution in [1.29, 1.82) is 0 Å². The van der Waals surface area contributed by atoms with E-state index in [1.54, 1.807) is 0 Å². The molecular formula is C8H17NO2S2. The first kappa shape index (κ1) is 11.3. The molecule has 0 radical (unpaired) electrons. The molecule has 5 heteroatoms. The molecule has 0 bridgehead atoms. The minimum absolute atomic E-state index is 0.0738. The molecule has 0 aromatic heterocycles. The topological polar surface area (TPSA) is 60.2 Å². The molecule has 0 aliphatic carbocycles. The Bertz CT molecular complexity index is 245. The fourth-order valence-corrected chi connectivity index (χ4v) is 3.53. The van der Waals surface area contributed by atoms with E-state index in [9.17, 15) is 8.42 Å². The summed E-state index contributed by atoms with van der Waals surface area (Å²) >= 11 is 1.91. The van der Waals surface area contributed by atoms with Crippen LogP contribution in [0.1, 0.15) is 12.8 Å². The lowest BCUT2D eigenvalue weighted by Gasteiger charge is -2.17. The van der Waals surface area contributed by atoms with Gasteiger partial charge in [0.25, 0.3) is 0 Å². The van der Waals surface area contributed by atoms with E-state index in [0.29, 0.717) is 12.3 Å². The van der Waals surface area contributed by atoms with Gasteiger partial charge in [-0.2, -0.15) is 11.8 Å². The van der Waals surface area contributed by atoms with Gasteiger partial charge in [0.05, 0.1) is 5.75 Å². The van der Waals surface area contributed by atoms with Crippen molar-refractivity contribution in [3.05, 3.63) is 0 Å². The van der Waals surface area contributed by atoms with Crippen LogP contribution < -0.4 is 5.73 Å². The van der Waals surface area contributed by atoms with Crippen molar-refractivity contribution >= 4 is 21.6 Å². The van der Waals surface area contributed by atoms with Gasteiger partial charge in [0.1, 0.15) is 9.84 Å². The molecule has 13 heavy (non-hydrogen) atoms. The van der Waals surface area contributed by atoms with E-state index in [-0.39, 0.29) is 11.8 Å². The zero-order valence-electron chi connectivity index (χ0n) is 7.90. The van der Waals surface area contributed by atoms with Gasteiger partial charge in [-0.15, -0.1) is 0 Å². The van der Waals surface area contributed by atoms with Crippen LogP contribution in [-0.2, 0) is 9.84 Å². The van der Waals surface area contributed by atoms with Gasteiger partial charge in [-0.05, 0) is 30.3 Å². The maximum atomic E-state index is 10.9. The fourth-order valence-electron chi connectivity index (χ4n) is 1.48. The average Bonchev–Trinajstić information content (AvgIpc) is 2.50. The predicted octanol–water partition coefficient (Wildman–Crippen LogP) is 0.502. The molecule has 0 saturated carbocycles. The second kappa shape index (κ2) is 4.66. The van der Waals surface area contributed by atoms with Crippen molar-refractivity contribution < 1.29 is 8.42 Å². The fraction of sp³-hybridized carbons (Fsp3) is 1.00. The van der Waals surface area contributed by atoms with Crippen molar-refractivity contribution in [2.45, 2.75) is 18.9 Å². The summed E-state index contributed by atoms with van der Waals surface area (Å²) in [7, 11) is -2.84. The van der Waals surface area contributed by atoms with E-state index in [0.717, 1.165) is 12.2 Å². The Hall–Kier alpha value is 0.260. The quantitative estimate of drug-likeness (QED) is 0.754. The van der Waals surface area contributed by atoms with E-state index in [1.165, 1.54) is 12.0 Å². The Labute approximate surface area is 84.4 Å². The molecule has 1 heterocycles. The first-order valence-corrected chi connectivity index (χ1v) is 7.71. The van der Waals surface area contributed by atoms with Crippen LogP contribution in [-0.4, -0.2) is 38.0 Å².